The Balaban J connectivity index is 2.21. The van der Waals surface area contributed by atoms with Crippen LogP contribution in [0.4, 0.5) is 0 Å². The topological polar surface area (TPSA) is 17.8 Å². The molecule has 0 N–H and O–H groups in total. The highest BCUT2D eigenvalue weighted by atomic mass is 35.5. The van der Waals surface area contributed by atoms with Gasteiger partial charge >= 0.3 is 0 Å². The fraction of sp³-hybridized carbons (Fsp3) is 0.133. The first kappa shape index (κ1) is 12.5. The van der Waals surface area contributed by atoms with Crippen molar-refractivity contribution in [3.8, 4) is 11.4 Å². The quantitative estimate of drug-likeness (QED) is 0.629. The molecule has 0 aliphatic carbocycles. The fourth-order valence-corrected chi connectivity index (χ4v) is 2.56. The number of hydrogen-bond donors (Lipinski definition) is 0. The molecule has 2 nitrogen and oxygen atoms in total. The highest BCUT2D eigenvalue weighted by Gasteiger charge is 2.10. The number of fused-ring (bicyclic) bond motifs is 1. The number of halogens is 2. The van der Waals surface area contributed by atoms with Crippen molar-refractivity contribution in [2.75, 3.05) is 0 Å². The van der Waals surface area contributed by atoms with E-state index in [4.69, 9.17) is 23.2 Å². The molecule has 0 atom stereocenters. The number of alkyl halides is 1. The van der Waals surface area contributed by atoms with Gasteiger partial charge in [0, 0.05) is 23.5 Å². The fourth-order valence-electron chi connectivity index (χ4n) is 2.22. The highest BCUT2D eigenvalue weighted by Crippen LogP contribution is 2.26. The normalized spacial score (nSPS) is 11.1. The minimum Gasteiger partial charge on any atom is -0.327 e. The van der Waals surface area contributed by atoms with Gasteiger partial charge in [-0.2, -0.15) is 0 Å². The molecule has 3 aromatic rings. The summed E-state index contributed by atoms with van der Waals surface area (Å²) in [4.78, 5) is 4.65. The van der Waals surface area contributed by atoms with E-state index in [-0.39, 0.29) is 0 Å². The molecule has 1 aromatic heterocycles. The van der Waals surface area contributed by atoms with Gasteiger partial charge in [0.1, 0.15) is 5.82 Å². The monoisotopic (exact) mass is 290 g/mol. The maximum absolute atomic E-state index is 6.01. The second-order valence-electron chi connectivity index (χ2n) is 4.46. The lowest BCUT2D eigenvalue weighted by molar-refractivity contribution is 0.959. The molecule has 0 radical (unpaired) electrons. The van der Waals surface area contributed by atoms with Gasteiger partial charge in [-0.05, 0) is 29.8 Å². The molecule has 0 saturated carbocycles. The molecule has 96 valence electrons. The van der Waals surface area contributed by atoms with Gasteiger partial charge in [0.15, 0.2) is 0 Å². The SMILES string of the molecule is Cn1c(-c2cccc(CCl)c2)nc2cc(Cl)ccc21. The zero-order valence-electron chi connectivity index (χ0n) is 10.4. The molecule has 0 fully saturated rings. The van der Waals surface area contributed by atoms with Crippen molar-refractivity contribution in [2.45, 2.75) is 5.88 Å². The molecule has 2 aromatic carbocycles. The lowest BCUT2D eigenvalue weighted by Gasteiger charge is -2.04. The van der Waals surface area contributed by atoms with E-state index < -0.39 is 0 Å². The largest absolute Gasteiger partial charge is 0.327 e. The van der Waals surface area contributed by atoms with E-state index in [1.807, 2.05) is 43.4 Å². The smallest absolute Gasteiger partial charge is 0.140 e. The average Bonchev–Trinajstić information content (AvgIpc) is 2.75. The third-order valence-corrected chi connectivity index (χ3v) is 3.73. The second-order valence-corrected chi connectivity index (χ2v) is 5.17. The summed E-state index contributed by atoms with van der Waals surface area (Å²) in [7, 11) is 2.01. The van der Waals surface area contributed by atoms with Crippen molar-refractivity contribution in [1.82, 2.24) is 9.55 Å². The standard InChI is InChI=1S/C15H12Cl2N2/c1-19-14-6-5-12(17)8-13(14)18-15(19)11-4-2-3-10(7-11)9-16/h2-8H,9H2,1H3. The van der Waals surface area contributed by atoms with E-state index in [0.717, 1.165) is 28.0 Å². The molecule has 0 aliphatic heterocycles. The molecular weight excluding hydrogens is 279 g/mol. The van der Waals surface area contributed by atoms with Gasteiger partial charge in [0.25, 0.3) is 0 Å². The van der Waals surface area contributed by atoms with Gasteiger partial charge < -0.3 is 4.57 Å². The first-order valence-corrected chi connectivity index (χ1v) is 6.87. The molecular formula is C15H12Cl2N2. The number of benzene rings is 2. The van der Waals surface area contributed by atoms with Gasteiger partial charge in [0.2, 0.25) is 0 Å². The number of aromatic nitrogens is 2. The van der Waals surface area contributed by atoms with Crippen molar-refractivity contribution in [1.29, 1.82) is 0 Å². The van der Waals surface area contributed by atoms with E-state index in [2.05, 4.69) is 15.6 Å². The van der Waals surface area contributed by atoms with E-state index in [1.165, 1.54) is 0 Å². The number of aryl methyl sites for hydroxylation is 1. The number of rotatable bonds is 2. The Morgan fingerprint density at radius 2 is 2.00 bits per heavy atom. The van der Waals surface area contributed by atoms with Gasteiger partial charge in [-0.1, -0.05) is 29.8 Å². The van der Waals surface area contributed by atoms with Crippen LogP contribution in [0.25, 0.3) is 22.4 Å². The summed E-state index contributed by atoms with van der Waals surface area (Å²) in [5.41, 5.74) is 4.12. The Kier molecular flexibility index (Phi) is 3.21. The van der Waals surface area contributed by atoms with Crippen LogP contribution in [-0.2, 0) is 12.9 Å². The summed E-state index contributed by atoms with van der Waals surface area (Å²) in [5.74, 6) is 1.42. The van der Waals surface area contributed by atoms with Crippen LogP contribution in [0.15, 0.2) is 42.5 Å². The Bertz CT molecular complexity index is 747. The number of imidazole rings is 1. The van der Waals surface area contributed by atoms with Crippen molar-refractivity contribution >= 4 is 34.2 Å². The van der Waals surface area contributed by atoms with E-state index in [1.54, 1.807) is 0 Å². The summed E-state index contributed by atoms with van der Waals surface area (Å²) in [6.45, 7) is 0. The molecule has 3 rings (SSSR count). The molecule has 19 heavy (non-hydrogen) atoms. The van der Waals surface area contributed by atoms with Crippen LogP contribution in [0.3, 0.4) is 0 Å². The Morgan fingerprint density at radius 3 is 2.79 bits per heavy atom. The lowest BCUT2D eigenvalue weighted by atomic mass is 10.1. The third-order valence-electron chi connectivity index (χ3n) is 3.18. The number of hydrogen-bond acceptors (Lipinski definition) is 1. The summed E-state index contributed by atoms with van der Waals surface area (Å²) >= 11 is 11.9. The zero-order valence-corrected chi connectivity index (χ0v) is 11.9. The summed E-state index contributed by atoms with van der Waals surface area (Å²) < 4.78 is 2.07. The summed E-state index contributed by atoms with van der Waals surface area (Å²) in [6, 6.07) is 13.9. The Labute approximate surface area is 121 Å². The maximum atomic E-state index is 6.01. The molecule has 1 heterocycles. The van der Waals surface area contributed by atoms with E-state index >= 15 is 0 Å². The minimum atomic E-state index is 0.504. The number of nitrogens with zero attached hydrogens (tertiary/aromatic N) is 2. The van der Waals surface area contributed by atoms with Crippen LogP contribution < -0.4 is 0 Å². The molecule has 0 unspecified atom stereocenters. The van der Waals surface area contributed by atoms with Gasteiger partial charge in [-0.15, -0.1) is 11.6 Å². The molecule has 0 aliphatic rings. The van der Waals surface area contributed by atoms with E-state index in [0.29, 0.717) is 10.9 Å². The highest BCUT2D eigenvalue weighted by molar-refractivity contribution is 6.31. The van der Waals surface area contributed by atoms with Crippen molar-refractivity contribution in [3.05, 3.63) is 53.1 Å². The van der Waals surface area contributed by atoms with Crippen LogP contribution >= 0.6 is 23.2 Å². The predicted molar refractivity (Wildman–Crippen MR) is 80.7 cm³/mol. The molecule has 4 heteroatoms. The second kappa shape index (κ2) is 4.87. The van der Waals surface area contributed by atoms with Crippen molar-refractivity contribution < 1.29 is 0 Å². The summed E-state index contributed by atoms with van der Waals surface area (Å²) in [5, 5.41) is 0.701. The van der Waals surface area contributed by atoms with Gasteiger partial charge in [-0.3, -0.25) is 0 Å². The lowest BCUT2D eigenvalue weighted by Crippen LogP contribution is -1.93. The first-order valence-electron chi connectivity index (χ1n) is 5.96. The molecule has 0 saturated heterocycles. The van der Waals surface area contributed by atoms with Crippen LogP contribution in [0.1, 0.15) is 5.56 Å². The minimum absolute atomic E-state index is 0.504. The third kappa shape index (κ3) is 2.22. The van der Waals surface area contributed by atoms with Gasteiger partial charge in [-0.25, -0.2) is 4.98 Å². The Hall–Kier alpha value is -1.51. The molecule has 0 amide bonds. The van der Waals surface area contributed by atoms with E-state index in [9.17, 15) is 0 Å². The van der Waals surface area contributed by atoms with Gasteiger partial charge in [0.05, 0.1) is 11.0 Å². The van der Waals surface area contributed by atoms with Crippen molar-refractivity contribution in [2.24, 2.45) is 7.05 Å². The Morgan fingerprint density at radius 1 is 1.16 bits per heavy atom. The zero-order chi connectivity index (χ0) is 13.4. The first-order chi connectivity index (χ1) is 9.19. The van der Waals surface area contributed by atoms with Crippen LogP contribution in [0.2, 0.25) is 5.02 Å². The average molecular weight is 291 g/mol. The molecule has 0 spiro atoms. The molecule has 0 bridgehead atoms. The van der Waals surface area contributed by atoms with Crippen LogP contribution in [0, 0.1) is 0 Å². The van der Waals surface area contributed by atoms with Crippen LogP contribution in [-0.4, -0.2) is 9.55 Å². The maximum Gasteiger partial charge on any atom is 0.140 e. The van der Waals surface area contributed by atoms with Crippen molar-refractivity contribution in [3.63, 3.8) is 0 Å². The predicted octanol–water partition coefficient (Wildman–Crippen LogP) is 4.63. The summed E-state index contributed by atoms with van der Waals surface area (Å²) in [6.07, 6.45) is 0. The van der Waals surface area contributed by atoms with Crippen LogP contribution in [0.5, 0.6) is 0 Å².